The largest absolute Gasteiger partial charge is 0.488 e. The predicted molar refractivity (Wildman–Crippen MR) is 201 cm³/mol. The smallest absolute Gasteiger partial charge is 0.324 e. The Balaban J connectivity index is 1.13. The molecule has 0 fully saturated rings. The molecule has 0 bridgehead atoms. The Morgan fingerprint density at radius 2 is 1.84 bits per heavy atom. The van der Waals surface area contributed by atoms with Crippen molar-refractivity contribution in [3.8, 4) is 11.4 Å². The summed E-state index contributed by atoms with van der Waals surface area (Å²) in [5.41, 5.74) is 6.64. The van der Waals surface area contributed by atoms with Crippen LogP contribution in [0, 0.1) is 6.92 Å². The van der Waals surface area contributed by atoms with Crippen LogP contribution in [-0.4, -0.2) is 52.0 Å². The van der Waals surface area contributed by atoms with Crippen molar-refractivity contribution >= 4 is 51.4 Å². The van der Waals surface area contributed by atoms with Crippen LogP contribution in [0.25, 0.3) is 16.5 Å². The van der Waals surface area contributed by atoms with Crippen LogP contribution in [-0.2, 0) is 21.6 Å². The normalized spacial score (nSPS) is 12.6. The molecule has 4 heterocycles. The van der Waals surface area contributed by atoms with Gasteiger partial charge in [-0.3, -0.25) is 20.5 Å². The second-order valence-electron chi connectivity index (χ2n) is 12.8. The number of hydrogen-bond acceptors (Lipinski definition) is 10. The number of fused-ring (bicyclic) bond motifs is 1. The topological polar surface area (TPSA) is 147 Å². The number of anilines is 3. The number of hydrogen-bond donors (Lipinski definition) is 5. The first kappa shape index (κ1) is 35.0. The van der Waals surface area contributed by atoms with Gasteiger partial charge in [0.05, 0.1) is 29.9 Å². The van der Waals surface area contributed by atoms with Gasteiger partial charge in [0.25, 0.3) is 5.91 Å². The van der Waals surface area contributed by atoms with Gasteiger partial charge >= 0.3 is 6.03 Å². The number of pyridine rings is 1. The minimum atomic E-state index is -0.382. The third-order valence-electron chi connectivity index (χ3n) is 7.85. The minimum absolute atomic E-state index is 0.197. The van der Waals surface area contributed by atoms with E-state index in [2.05, 4.69) is 52.4 Å². The van der Waals surface area contributed by atoms with Gasteiger partial charge in [0, 0.05) is 64.8 Å². The molecule has 0 saturated carbocycles. The Hall–Kier alpha value is -5.86. The van der Waals surface area contributed by atoms with Gasteiger partial charge in [0.15, 0.2) is 0 Å². The zero-order valence-corrected chi connectivity index (χ0v) is 29.9. The fourth-order valence-electron chi connectivity index (χ4n) is 5.25. The summed E-state index contributed by atoms with van der Waals surface area (Å²) in [5.74, 6) is 1.57. The van der Waals surface area contributed by atoms with Gasteiger partial charge in [-0.2, -0.15) is 5.10 Å². The number of aryl methyl sites for hydroxylation is 1. The quantitative estimate of drug-likeness (QED) is 0.0904. The molecule has 0 unspecified atom stereocenters. The van der Waals surface area contributed by atoms with Gasteiger partial charge in [0.1, 0.15) is 29.7 Å². The number of urea groups is 1. The maximum atomic E-state index is 13.4. The summed E-state index contributed by atoms with van der Waals surface area (Å²) in [4.78, 5) is 31.4. The van der Waals surface area contributed by atoms with E-state index < -0.39 is 0 Å². The summed E-state index contributed by atoms with van der Waals surface area (Å²) in [6, 6.07) is 18.8. The lowest BCUT2D eigenvalue weighted by atomic mass is 9.92. The summed E-state index contributed by atoms with van der Waals surface area (Å²) in [5, 5.41) is 21.9. The number of aromatic nitrogens is 3. The first-order valence-corrected chi connectivity index (χ1v) is 17.3. The van der Waals surface area contributed by atoms with E-state index in [4.69, 9.17) is 14.6 Å². The van der Waals surface area contributed by atoms with Crippen LogP contribution < -0.4 is 31.4 Å². The molecule has 14 heteroatoms. The second-order valence-corrected chi connectivity index (χ2v) is 14.0. The molecule has 3 aromatic heterocycles. The predicted octanol–water partition coefficient (Wildman–Crippen LogP) is 6.62. The van der Waals surface area contributed by atoms with Crippen LogP contribution in [0.3, 0.4) is 0 Å². The molecule has 51 heavy (non-hydrogen) atoms. The molecule has 6 rings (SSSR count). The molecule has 1 aliphatic rings. The van der Waals surface area contributed by atoms with Gasteiger partial charge in [-0.25, -0.2) is 14.5 Å². The molecule has 0 radical (unpaired) electrons. The highest BCUT2D eigenvalue weighted by Crippen LogP contribution is 2.33. The van der Waals surface area contributed by atoms with Gasteiger partial charge in [-0.1, -0.05) is 45.0 Å². The number of rotatable bonds is 12. The highest BCUT2D eigenvalue weighted by atomic mass is 32.1. The molecule has 3 amide bonds. The van der Waals surface area contributed by atoms with Gasteiger partial charge in [-0.15, -0.1) is 11.3 Å². The van der Waals surface area contributed by atoms with E-state index in [1.54, 1.807) is 52.9 Å². The van der Waals surface area contributed by atoms with Crippen LogP contribution >= 0.6 is 11.3 Å². The monoisotopic (exact) mass is 707 g/mol. The van der Waals surface area contributed by atoms with Crippen LogP contribution in [0.15, 0.2) is 96.5 Å². The summed E-state index contributed by atoms with van der Waals surface area (Å²) in [7, 11) is 1.58. The number of thiophene rings is 1. The van der Waals surface area contributed by atoms with Crippen molar-refractivity contribution in [1.82, 2.24) is 30.4 Å². The number of methoxy groups -OCH3 is 1. The van der Waals surface area contributed by atoms with E-state index in [9.17, 15) is 9.59 Å². The standard InChI is InChI=1S/C37H41N9O4S/c1-24-18-26(23-51-24)46-34(20-32(43-46)37(2,3)4)42-36(48)41-29-10-11-31(28-9-7-6-8-27(28)29)50-22-25-12-13-39-33(19-25)44-45-16-14-38-30(21-45)35(47)40-15-17-49-5/h6-14,16,18-21,23,38H,15,17,22H2,1-5H3,(H,39,44)(H,40,47)(H2,41,42,48). The van der Waals surface area contributed by atoms with Crippen LogP contribution in [0.4, 0.5) is 22.1 Å². The van der Waals surface area contributed by atoms with Crippen molar-refractivity contribution < 1.29 is 19.1 Å². The first-order valence-electron chi connectivity index (χ1n) is 16.4. The highest BCUT2D eigenvalue weighted by Gasteiger charge is 2.22. The number of amides is 3. The second kappa shape index (κ2) is 15.4. The highest BCUT2D eigenvalue weighted by molar-refractivity contribution is 7.10. The van der Waals surface area contributed by atoms with Crippen LogP contribution in [0.5, 0.6) is 5.75 Å². The number of nitrogens with zero attached hydrogens (tertiary/aromatic N) is 4. The third kappa shape index (κ3) is 8.66. The SMILES string of the molecule is COCCNC(=O)C1=CN(Nc2cc(COc3ccc(NC(=O)Nc4cc(C(C)(C)C)nn4-c4csc(C)c4)c4ccccc34)ccn2)C=CN1. The molecule has 5 N–H and O–H groups in total. The molecular formula is C37H41N9O4S. The average Bonchev–Trinajstić information content (AvgIpc) is 3.74. The van der Waals surface area contributed by atoms with E-state index in [0.29, 0.717) is 41.9 Å². The Bertz CT molecular complexity index is 2100. The Labute approximate surface area is 300 Å². The average molecular weight is 708 g/mol. The van der Waals surface area contributed by atoms with Crippen molar-refractivity contribution in [2.75, 3.05) is 36.3 Å². The molecule has 1 aliphatic heterocycles. The number of carbonyl (C=O) groups excluding carboxylic acids is 2. The van der Waals surface area contributed by atoms with Crippen molar-refractivity contribution in [2.24, 2.45) is 0 Å². The Morgan fingerprint density at radius 1 is 1.02 bits per heavy atom. The molecule has 13 nitrogen and oxygen atoms in total. The summed E-state index contributed by atoms with van der Waals surface area (Å²) in [6.45, 7) is 9.42. The number of hydrazine groups is 1. The van der Waals surface area contributed by atoms with E-state index in [1.165, 1.54) is 0 Å². The molecule has 0 saturated heterocycles. The lowest BCUT2D eigenvalue weighted by Gasteiger charge is -2.23. The number of nitrogens with one attached hydrogen (secondary N) is 5. The van der Waals surface area contributed by atoms with Crippen LogP contribution in [0.2, 0.25) is 0 Å². The van der Waals surface area contributed by atoms with Gasteiger partial charge < -0.3 is 25.4 Å². The van der Waals surface area contributed by atoms with E-state index >= 15 is 0 Å². The summed E-state index contributed by atoms with van der Waals surface area (Å²) < 4.78 is 13.1. The molecule has 0 aliphatic carbocycles. The number of benzene rings is 2. The van der Waals surface area contributed by atoms with Crippen molar-refractivity contribution in [3.05, 3.63) is 113 Å². The molecule has 2 aromatic carbocycles. The van der Waals surface area contributed by atoms with Crippen LogP contribution in [0.1, 0.15) is 36.9 Å². The van der Waals surface area contributed by atoms with Crippen molar-refractivity contribution in [1.29, 1.82) is 0 Å². The zero-order chi connectivity index (χ0) is 36.0. The van der Waals surface area contributed by atoms with Gasteiger partial charge in [-0.05, 0) is 42.8 Å². The van der Waals surface area contributed by atoms with E-state index in [0.717, 1.165) is 32.6 Å². The van der Waals surface area contributed by atoms with E-state index in [-0.39, 0.29) is 24.0 Å². The zero-order valence-electron chi connectivity index (χ0n) is 29.1. The molecule has 5 aromatic rings. The Kier molecular flexibility index (Phi) is 10.5. The molecule has 0 atom stereocenters. The fraction of sp³-hybridized carbons (Fsp3) is 0.243. The third-order valence-corrected chi connectivity index (χ3v) is 8.70. The lowest BCUT2D eigenvalue weighted by Crippen LogP contribution is -2.36. The maximum Gasteiger partial charge on any atom is 0.324 e. The van der Waals surface area contributed by atoms with Crippen molar-refractivity contribution in [3.63, 3.8) is 0 Å². The number of ether oxygens (including phenoxy) is 2. The van der Waals surface area contributed by atoms with Gasteiger partial charge in [0.2, 0.25) is 0 Å². The fourth-order valence-corrected chi connectivity index (χ4v) is 5.91. The number of carbonyl (C=O) groups is 2. The summed E-state index contributed by atoms with van der Waals surface area (Å²) >= 11 is 1.63. The van der Waals surface area contributed by atoms with E-state index in [1.807, 2.05) is 73.0 Å². The minimum Gasteiger partial charge on any atom is -0.488 e. The van der Waals surface area contributed by atoms with Crippen molar-refractivity contribution in [2.45, 2.75) is 39.7 Å². The first-order chi connectivity index (χ1) is 24.6. The maximum absolute atomic E-state index is 13.4. The lowest BCUT2D eigenvalue weighted by molar-refractivity contribution is -0.118. The molecule has 264 valence electrons. The molecule has 0 spiro atoms. The summed E-state index contributed by atoms with van der Waals surface area (Å²) in [6.07, 6.45) is 6.72. The molecular weight excluding hydrogens is 667 g/mol. The Morgan fingerprint density at radius 3 is 2.61 bits per heavy atom.